The lowest BCUT2D eigenvalue weighted by Crippen LogP contribution is -2.73. The number of nitrogens with zero attached hydrogens (tertiary/aromatic N) is 3. The molecule has 0 bridgehead atoms. The number of aliphatic hydroxyl groups is 1. The first-order chi connectivity index (χ1) is 24.1. The van der Waals surface area contributed by atoms with Gasteiger partial charge in [0.05, 0.1) is 28.4 Å². The van der Waals surface area contributed by atoms with Crippen molar-refractivity contribution in [1.29, 1.82) is 0 Å². The zero-order valence-electron chi connectivity index (χ0n) is 27.7. The fourth-order valence-electron chi connectivity index (χ4n) is 8.56. The Bertz CT molecular complexity index is 2340. The molecular weight excluding hydrogens is 599 g/mol. The molecule has 0 saturated heterocycles. The maximum Gasteiger partial charge on any atom is 0.318 e. The second-order valence-electron chi connectivity index (χ2n) is 13.4. The summed E-state index contributed by atoms with van der Waals surface area (Å²) >= 11 is 0. The van der Waals surface area contributed by atoms with Crippen molar-refractivity contribution in [2.75, 3.05) is 0 Å². The zero-order valence-corrected chi connectivity index (χ0v) is 27.7. The van der Waals surface area contributed by atoms with Crippen LogP contribution in [0.15, 0.2) is 164 Å². The van der Waals surface area contributed by atoms with E-state index in [2.05, 4.69) is 179 Å². The SMILES string of the molecule is Cc1ccccc1-c1cccc[n+]1C1(C2c3ccccc3-c3cccc[n+]32)C[n+]2cc(-c3ccccc3)c(C(C)O)cc2-c2ccccc21. The highest BCUT2D eigenvalue weighted by atomic mass is 16.3. The van der Waals surface area contributed by atoms with Crippen LogP contribution in [0.2, 0.25) is 0 Å². The number of fused-ring (bicyclic) bond motifs is 6. The van der Waals surface area contributed by atoms with Crippen molar-refractivity contribution in [2.45, 2.75) is 38.1 Å². The van der Waals surface area contributed by atoms with E-state index in [4.69, 9.17) is 0 Å². The van der Waals surface area contributed by atoms with Gasteiger partial charge in [-0.05, 0) is 55.3 Å². The second kappa shape index (κ2) is 11.5. The lowest BCUT2D eigenvalue weighted by molar-refractivity contribution is -0.866. The van der Waals surface area contributed by atoms with Gasteiger partial charge in [-0.3, -0.25) is 0 Å². The first-order valence-corrected chi connectivity index (χ1v) is 17.1. The van der Waals surface area contributed by atoms with E-state index in [0.29, 0.717) is 6.54 Å². The van der Waals surface area contributed by atoms with Crippen LogP contribution in [0.25, 0.3) is 44.9 Å². The third kappa shape index (κ3) is 4.44. The Morgan fingerprint density at radius 1 is 0.633 bits per heavy atom. The summed E-state index contributed by atoms with van der Waals surface area (Å²) in [6.07, 6.45) is 6.20. The lowest BCUT2D eigenvalue weighted by Gasteiger charge is -2.35. The van der Waals surface area contributed by atoms with Gasteiger partial charge in [0.25, 0.3) is 6.04 Å². The first-order valence-electron chi connectivity index (χ1n) is 17.1. The van der Waals surface area contributed by atoms with Crippen molar-refractivity contribution in [3.8, 4) is 44.9 Å². The highest BCUT2D eigenvalue weighted by Crippen LogP contribution is 2.48. The van der Waals surface area contributed by atoms with Crippen molar-refractivity contribution in [2.24, 2.45) is 0 Å². The molecule has 3 unspecified atom stereocenters. The van der Waals surface area contributed by atoms with Gasteiger partial charge in [-0.1, -0.05) is 84.9 Å². The number of rotatable bonds is 5. The highest BCUT2D eigenvalue weighted by Gasteiger charge is 2.66. The monoisotopic (exact) mass is 636 g/mol. The van der Waals surface area contributed by atoms with Crippen molar-refractivity contribution in [1.82, 2.24) is 0 Å². The molecule has 0 saturated carbocycles. The minimum Gasteiger partial charge on any atom is -0.389 e. The van der Waals surface area contributed by atoms with Gasteiger partial charge in [0.2, 0.25) is 23.6 Å². The van der Waals surface area contributed by atoms with Crippen LogP contribution in [0.4, 0.5) is 0 Å². The van der Waals surface area contributed by atoms with Crippen LogP contribution in [0.3, 0.4) is 0 Å². The van der Waals surface area contributed by atoms with E-state index < -0.39 is 11.6 Å². The smallest absolute Gasteiger partial charge is 0.318 e. The predicted octanol–water partition coefficient (Wildman–Crippen LogP) is 7.94. The van der Waals surface area contributed by atoms with Gasteiger partial charge >= 0.3 is 5.54 Å². The lowest BCUT2D eigenvalue weighted by atomic mass is 9.73. The Kier molecular flexibility index (Phi) is 6.89. The topological polar surface area (TPSA) is 31.9 Å². The molecule has 0 radical (unpaired) electrons. The molecule has 2 aliphatic rings. The number of benzene rings is 4. The second-order valence-corrected chi connectivity index (χ2v) is 13.4. The summed E-state index contributed by atoms with van der Waals surface area (Å²) < 4.78 is 7.50. The Morgan fingerprint density at radius 3 is 2.08 bits per heavy atom. The largest absolute Gasteiger partial charge is 0.389 e. The molecule has 49 heavy (non-hydrogen) atoms. The average Bonchev–Trinajstić information content (AvgIpc) is 3.49. The van der Waals surface area contributed by atoms with Gasteiger partial charge < -0.3 is 5.11 Å². The molecule has 3 atom stereocenters. The van der Waals surface area contributed by atoms with Gasteiger partial charge in [-0.25, -0.2) is 0 Å². The van der Waals surface area contributed by atoms with E-state index in [9.17, 15) is 5.11 Å². The number of aliphatic hydroxyl groups excluding tert-OH is 1. The van der Waals surface area contributed by atoms with E-state index in [0.717, 1.165) is 22.4 Å². The van der Waals surface area contributed by atoms with Crippen LogP contribution >= 0.6 is 0 Å². The van der Waals surface area contributed by atoms with Crippen LogP contribution in [0, 0.1) is 6.92 Å². The molecule has 2 aliphatic heterocycles. The van der Waals surface area contributed by atoms with Crippen molar-refractivity contribution in [3.05, 3.63) is 186 Å². The Morgan fingerprint density at radius 2 is 1.29 bits per heavy atom. The predicted molar refractivity (Wildman–Crippen MR) is 192 cm³/mol. The molecule has 5 heterocycles. The summed E-state index contributed by atoms with van der Waals surface area (Å²) in [6.45, 7) is 4.75. The van der Waals surface area contributed by atoms with Crippen LogP contribution < -0.4 is 13.7 Å². The maximum absolute atomic E-state index is 11.2. The summed E-state index contributed by atoms with van der Waals surface area (Å²) in [7, 11) is 0. The van der Waals surface area contributed by atoms with E-state index in [-0.39, 0.29) is 6.04 Å². The molecule has 0 aliphatic carbocycles. The van der Waals surface area contributed by atoms with Gasteiger partial charge in [-0.15, -0.1) is 0 Å². The summed E-state index contributed by atoms with van der Waals surface area (Å²) in [4.78, 5) is 0. The normalized spacial score (nSPS) is 17.8. The fraction of sp³-hybridized carbons (Fsp3) is 0.133. The Hall–Kier alpha value is -5.71. The van der Waals surface area contributed by atoms with Crippen LogP contribution in [0.1, 0.15) is 41.3 Å². The van der Waals surface area contributed by atoms with Crippen molar-refractivity contribution >= 4 is 0 Å². The Balaban J connectivity index is 1.42. The minimum atomic E-state index is -0.625. The molecule has 0 amide bonds. The third-order valence-corrected chi connectivity index (χ3v) is 10.7. The summed E-state index contributed by atoms with van der Waals surface area (Å²) in [5.74, 6) is 0. The molecule has 3 aromatic heterocycles. The summed E-state index contributed by atoms with van der Waals surface area (Å²) in [5, 5.41) is 11.2. The third-order valence-electron chi connectivity index (χ3n) is 10.7. The quantitative estimate of drug-likeness (QED) is 0.191. The van der Waals surface area contributed by atoms with E-state index in [1.165, 1.54) is 44.8 Å². The van der Waals surface area contributed by atoms with Crippen molar-refractivity contribution < 1.29 is 18.8 Å². The first kappa shape index (κ1) is 29.4. The van der Waals surface area contributed by atoms with Gasteiger partial charge in [0.1, 0.15) is 0 Å². The van der Waals surface area contributed by atoms with E-state index in [1.807, 2.05) is 13.0 Å². The molecule has 4 aromatic carbocycles. The highest BCUT2D eigenvalue weighted by molar-refractivity contribution is 5.73. The molecule has 1 N–H and O–H groups in total. The maximum atomic E-state index is 11.2. The fourth-order valence-corrected chi connectivity index (χ4v) is 8.56. The number of aryl methyl sites for hydroxylation is 1. The standard InChI is InChI=1S/C45H38N3O/c1-31-16-6-7-19-34(31)42-25-13-15-27-48(42)45(44-36-21-9-8-20-35(36)41-24-12-14-26-47(41)44)30-46-29-39(33-17-4-3-5-18-33)38(32(2)49)28-43(46)37-22-10-11-23-40(37)45/h3-29,32,44,49H,30H2,1-2H3/q+3. The minimum absolute atomic E-state index is 0.0616. The Labute approximate surface area is 287 Å². The van der Waals surface area contributed by atoms with E-state index in [1.54, 1.807) is 0 Å². The number of aromatic nitrogens is 3. The number of hydrogen-bond donors (Lipinski definition) is 1. The molecule has 7 aromatic rings. The average molecular weight is 637 g/mol. The van der Waals surface area contributed by atoms with Crippen LogP contribution in [0.5, 0.6) is 0 Å². The van der Waals surface area contributed by atoms with Crippen molar-refractivity contribution in [3.63, 3.8) is 0 Å². The van der Waals surface area contributed by atoms with Crippen LogP contribution in [-0.4, -0.2) is 5.11 Å². The van der Waals surface area contributed by atoms with Gasteiger partial charge in [0.15, 0.2) is 18.6 Å². The van der Waals surface area contributed by atoms with E-state index >= 15 is 0 Å². The van der Waals surface area contributed by atoms with Gasteiger partial charge in [-0.2, -0.15) is 13.7 Å². The van der Waals surface area contributed by atoms with Gasteiger partial charge in [0, 0.05) is 47.0 Å². The molecule has 4 heteroatoms. The zero-order chi connectivity index (χ0) is 33.1. The van der Waals surface area contributed by atoms with Crippen LogP contribution in [-0.2, 0) is 12.1 Å². The molecule has 236 valence electrons. The summed E-state index contributed by atoms with van der Waals surface area (Å²) in [6, 6.07) is 52.4. The number of pyridine rings is 3. The molecule has 4 nitrogen and oxygen atoms in total. The number of hydrogen-bond acceptors (Lipinski definition) is 1. The molecule has 0 spiro atoms. The molecule has 0 fully saturated rings. The molecular formula is C45H38N3O+3. The molecule has 9 rings (SSSR count). The summed E-state index contributed by atoms with van der Waals surface area (Å²) in [5.41, 5.74) is 13.4.